The fourth-order valence-corrected chi connectivity index (χ4v) is 17.0. The van der Waals surface area contributed by atoms with Gasteiger partial charge in [-0.3, -0.25) is 14.4 Å². The number of aliphatic hydroxyl groups excluding tert-OH is 1. The van der Waals surface area contributed by atoms with Gasteiger partial charge < -0.3 is 20.3 Å². The number of carbonyl (C=O) groups excluding carboxylic acids is 3. The maximum atomic E-state index is 12.5. The van der Waals surface area contributed by atoms with Crippen LogP contribution in [0.15, 0.2) is 0 Å². The Morgan fingerprint density at radius 3 is 2.26 bits per heavy atom. The number of carbonyl (C=O) groups is 3. The summed E-state index contributed by atoms with van der Waals surface area (Å²) in [6.45, 7) is 13.0. The highest BCUT2D eigenvalue weighted by Gasteiger charge is 2.34. The minimum Gasteiger partial charge on any atom is -0.456 e. The van der Waals surface area contributed by atoms with Crippen molar-refractivity contribution in [1.82, 2.24) is 5.32 Å². The van der Waals surface area contributed by atoms with Crippen molar-refractivity contribution in [2.75, 3.05) is 0 Å². The number of hydrogen-bond acceptors (Lipinski definition) is 5. The van der Waals surface area contributed by atoms with Crippen LogP contribution in [-0.4, -0.2) is 55.6 Å². The predicted molar refractivity (Wildman–Crippen MR) is 116 cm³/mol. The molecule has 0 aromatic heterocycles. The van der Waals surface area contributed by atoms with E-state index in [4.69, 9.17) is 9.85 Å². The highest BCUT2D eigenvalue weighted by atomic mass is 28.4. The van der Waals surface area contributed by atoms with Crippen molar-refractivity contribution in [1.29, 1.82) is 0 Å². The summed E-state index contributed by atoms with van der Waals surface area (Å²) in [6.07, 6.45) is 0.153. The summed E-state index contributed by atoms with van der Waals surface area (Å²) < 4.78 is 6.56. The second-order valence-corrected chi connectivity index (χ2v) is 19.8. The third-order valence-electron chi connectivity index (χ3n) is 4.75. The van der Waals surface area contributed by atoms with Crippen molar-refractivity contribution in [3.63, 3.8) is 0 Å². The molecule has 0 aromatic carbocycles. The first-order valence-corrected chi connectivity index (χ1v) is 18.4. The quantitative estimate of drug-likeness (QED) is 0.215. The first kappa shape index (κ1) is 26.2. The second-order valence-electron chi connectivity index (χ2n) is 8.44. The van der Waals surface area contributed by atoms with E-state index in [0.717, 1.165) is 6.04 Å². The standard InChI is InChI=1S/C17H38N2O5Si3/c1-7-13(16(18)22)10-14(17(23)19-15(21)11-20)8-9-26(3,4)24-27(5,6)12-25-2/h11,13-15,21H,7-10,12,25H2,1-6H3,(H2,18,22)(H,19,23). The van der Waals surface area contributed by atoms with E-state index < -0.39 is 46.5 Å². The molecular formula is C17H38N2O5Si3. The Balaban J connectivity index is 5.13. The van der Waals surface area contributed by atoms with Gasteiger partial charge >= 0.3 is 0 Å². The summed E-state index contributed by atoms with van der Waals surface area (Å²) in [4.78, 5) is 34.7. The molecule has 0 heterocycles. The zero-order valence-corrected chi connectivity index (χ0v) is 21.1. The van der Waals surface area contributed by atoms with E-state index in [1.807, 2.05) is 6.92 Å². The highest BCUT2D eigenvalue weighted by Crippen LogP contribution is 2.27. The van der Waals surface area contributed by atoms with E-state index in [9.17, 15) is 19.5 Å². The van der Waals surface area contributed by atoms with Crippen molar-refractivity contribution in [3.05, 3.63) is 0 Å². The molecule has 0 saturated heterocycles. The van der Waals surface area contributed by atoms with Gasteiger partial charge in [0.25, 0.3) is 0 Å². The molecule has 3 atom stereocenters. The van der Waals surface area contributed by atoms with Gasteiger partial charge in [-0.25, -0.2) is 0 Å². The van der Waals surface area contributed by atoms with Crippen molar-refractivity contribution in [3.8, 4) is 0 Å². The van der Waals surface area contributed by atoms with Gasteiger partial charge in [-0.1, -0.05) is 13.5 Å². The number of aldehydes is 1. The molecule has 7 nitrogen and oxygen atoms in total. The van der Waals surface area contributed by atoms with E-state index in [2.05, 4.69) is 38.1 Å². The largest absolute Gasteiger partial charge is 0.456 e. The van der Waals surface area contributed by atoms with E-state index in [-0.39, 0.29) is 15.8 Å². The molecule has 10 heteroatoms. The molecule has 2 amide bonds. The van der Waals surface area contributed by atoms with Gasteiger partial charge in [0.15, 0.2) is 29.1 Å². The number of nitrogens with two attached hydrogens (primary N) is 1. The Morgan fingerprint density at radius 2 is 1.81 bits per heavy atom. The first-order valence-electron chi connectivity index (χ1n) is 9.80. The van der Waals surface area contributed by atoms with Crippen LogP contribution in [0.3, 0.4) is 0 Å². The molecule has 0 aliphatic rings. The molecular weight excluding hydrogens is 396 g/mol. The fourth-order valence-electron chi connectivity index (χ4n) is 3.45. The zero-order chi connectivity index (χ0) is 21.3. The van der Waals surface area contributed by atoms with Crippen LogP contribution in [0.5, 0.6) is 0 Å². The van der Waals surface area contributed by atoms with Crippen LogP contribution in [-0.2, 0) is 18.5 Å². The van der Waals surface area contributed by atoms with Crippen LogP contribution < -0.4 is 11.1 Å². The van der Waals surface area contributed by atoms with Crippen molar-refractivity contribution < 1.29 is 23.6 Å². The van der Waals surface area contributed by atoms with Gasteiger partial charge in [0.1, 0.15) is 0 Å². The third kappa shape index (κ3) is 10.9. The lowest BCUT2D eigenvalue weighted by atomic mass is 9.89. The van der Waals surface area contributed by atoms with Gasteiger partial charge in [-0.2, -0.15) is 0 Å². The minimum absolute atomic E-state index is 0.0621. The van der Waals surface area contributed by atoms with E-state index in [0.29, 0.717) is 19.3 Å². The van der Waals surface area contributed by atoms with Gasteiger partial charge in [0, 0.05) is 21.4 Å². The molecule has 3 unspecified atom stereocenters. The molecule has 0 fully saturated rings. The summed E-state index contributed by atoms with van der Waals surface area (Å²) in [5.41, 5.74) is 6.67. The topological polar surface area (TPSA) is 119 Å². The second kappa shape index (κ2) is 11.9. The molecule has 0 rings (SSSR count). The Kier molecular flexibility index (Phi) is 11.5. The lowest BCUT2D eigenvalue weighted by molar-refractivity contribution is -0.133. The van der Waals surface area contributed by atoms with Crippen LogP contribution in [0, 0.1) is 11.8 Å². The zero-order valence-electron chi connectivity index (χ0n) is 17.7. The Labute approximate surface area is 167 Å². The van der Waals surface area contributed by atoms with Crippen LogP contribution in [0.4, 0.5) is 0 Å². The van der Waals surface area contributed by atoms with Crippen LogP contribution in [0.25, 0.3) is 0 Å². The monoisotopic (exact) mass is 434 g/mol. The number of primary amides is 1. The van der Waals surface area contributed by atoms with Gasteiger partial charge in [0.2, 0.25) is 11.8 Å². The van der Waals surface area contributed by atoms with Gasteiger partial charge in [0.05, 0.1) is 0 Å². The molecule has 0 aliphatic carbocycles. The molecule has 0 radical (unpaired) electrons. The maximum Gasteiger partial charge on any atom is 0.225 e. The molecule has 0 spiro atoms. The summed E-state index contributed by atoms with van der Waals surface area (Å²) in [6, 6.07) is 0.777. The predicted octanol–water partition coefficient (Wildman–Crippen LogP) is 1.13. The molecule has 0 bridgehead atoms. The number of rotatable bonds is 14. The number of hydrogen-bond donors (Lipinski definition) is 3. The Hall–Kier alpha value is -0.819. The highest BCUT2D eigenvalue weighted by molar-refractivity contribution is 6.88. The summed E-state index contributed by atoms with van der Waals surface area (Å²) >= 11 is 0. The average molecular weight is 435 g/mol. The first-order chi connectivity index (χ1) is 12.4. The smallest absolute Gasteiger partial charge is 0.225 e. The molecule has 158 valence electrons. The minimum atomic E-state index is -1.97. The SMILES string of the molecule is CCC(CC(CC[Si](C)(C)O[Si](C)(C)C[SiH2]C)C(=O)NC(O)C=O)C(N)=O. The molecule has 0 aliphatic heterocycles. The fraction of sp³-hybridized carbons (Fsp3) is 0.824. The Bertz CT molecular complexity index is 503. The number of aliphatic hydroxyl groups is 1. The van der Waals surface area contributed by atoms with Crippen LogP contribution >= 0.6 is 0 Å². The summed E-state index contributed by atoms with van der Waals surface area (Å²) in [5.74, 6) is -1.74. The van der Waals surface area contributed by atoms with Crippen molar-refractivity contribution >= 4 is 44.3 Å². The van der Waals surface area contributed by atoms with E-state index >= 15 is 0 Å². The average Bonchev–Trinajstić information content (AvgIpc) is 2.53. The Morgan fingerprint density at radius 1 is 1.22 bits per heavy atom. The van der Waals surface area contributed by atoms with Gasteiger partial charge in [-0.15, -0.1) is 0 Å². The van der Waals surface area contributed by atoms with E-state index in [1.54, 1.807) is 0 Å². The molecule has 4 N–H and O–H groups in total. The van der Waals surface area contributed by atoms with Crippen LogP contribution in [0.1, 0.15) is 26.2 Å². The third-order valence-corrected chi connectivity index (χ3v) is 17.5. The molecule has 27 heavy (non-hydrogen) atoms. The normalized spacial score (nSPS) is 16.1. The van der Waals surface area contributed by atoms with Crippen molar-refractivity contribution in [2.45, 2.75) is 76.9 Å². The summed E-state index contributed by atoms with van der Waals surface area (Å²) in [7, 11) is -3.69. The van der Waals surface area contributed by atoms with Crippen LogP contribution in [0.2, 0.25) is 44.4 Å². The molecule has 0 saturated carbocycles. The van der Waals surface area contributed by atoms with Crippen molar-refractivity contribution in [2.24, 2.45) is 17.6 Å². The van der Waals surface area contributed by atoms with Gasteiger partial charge in [-0.05, 0) is 57.2 Å². The maximum absolute atomic E-state index is 12.5. The number of nitrogens with one attached hydrogen (secondary N) is 1. The lowest BCUT2D eigenvalue weighted by Gasteiger charge is -2.35. The lowest BCUT2D eigenvalue weighted by Crippen LogP contribution is -2.46. The number of amides is 2. The van der Waals surface area contributed by atoms with E-state index in [1.165, 1.54) is 5.67 Å². The summed E-state index contributed by atoms with van der Waals surface area (Å²) in [5, 5.41) is 11.7. The molecule has 0 aromatic rings.